The number of rotatable bonds is 7. The summed E-state index contributed by atoms with van der Waals surface area (Å²) in [5.41, 5.74) is 1.13. The maximum atomic E-state index is 13.5. The molecule has 2 aromatic carbocycles. The molecule has 138 valence electrons. The topological polar surface area (TPSA) is 49.4 Å². The molecule has 26 heavy (non-hydrogen) atoms. The van der Waals surface area contributed by atoms with Crippen LogP contribution in [-0.2, 0) is 16.0 Å². The summed E-state index contributed by atoms with van der Waals surface area (Å²) in [6.45, 7) is 1.95. The Morgan fingerprint density at radius 3 is 2.50 bits per heavy atom. The van der Waals surface area contributed by atoms with Gasteiger partial charge in [0.1, 0.15) is 5.82 Å². The third-order valence-electron chi connectivity index (χ3n) is 3.83. The van der Waals surface area contributed by atoms with Crippen LogP contribution in [-0.4, -0.2) is 24.9 Å². The van der Waals surface area contributed by atoms with E-state index >= 15 is 0 Å². The summed E-state index contributed by atoms with van der Waals surface area (Å²) in [7, 11) is 0. The second-order valence-electron chi connectivity index (χ2n) is 5.71. The molecule has 0 aliphatic heterocycles. The number of carbonyl (C=O) groups excluding carboxylic acids is 2. The fraction of sp³-hybridized carbons (Fsp3) is 0.263. The van der Waals surface area contributed by atoms with E-state index in [-0.39, 0.29) is 30.6 Å². The Morgan fingerprint density at radius 1 is 1.12 bits per heavy atom. The van der Waals surface area contributed by atoms with Crippen LogP contribution in [0.1, 0.15) is 18.9 Å². The van der Waals surface area contributed by atoms with Gasteiger partial charge in [-0.05, 0) is 36.2 Å². The van der Waals surface area contributed by atoms with E-state index < -0.39 is 0 Å². The molecule has 0 radical (unpaired) electrons. The Kier molecular flexibility index (Phi) is 7.42. The molecule has 4 nitrogen and oxygen atoms in total. The van der Waals surface area contributed by atoms with E-state index in [1.807, 2.05) is 0 Å². The highest BCUT2D eigenvalue weighted by atomic mass is 35.5. The van der Waals surface area contributed by atoms with Crippen molar-refractivity contribution in [2.75, 3.05) is 18.0 Å². The molecule has 7 heteroatoms. The first kappa shape index (κ1) is 20.2. The summed E-state index contributed by atoms with van der Waals surface area (Å²) < 4.78 is 13.5. The van der Waals surface area contributed by atoms with E-state index in [0.717, 1.165) is 0 Å². The molecule has 2 rings (SSSR count). The Bertz CT molecular complexity index is 799. The zero-order valence-corrected chi connectivity index (χ0v) is 15.8. The van der Waals surface area contributed by atoms with E-state index in [2.05, 4.69) is 5.32 Å². The van der Waals surface area contributed by atoms with E-state index in [1.165, 1.54) is 17.9 Å². The largest absolute Gasteiger partial charge is 0.356 e. The van der Waals surface area contributed by atoms with Gasteiger partial charge in [-0.2, -0.15) is 0 Å². The smallest absolute Gasteiger partial charge is 0.223 e. The zero-order chi connectivity index (χ0) is 19.1. The number of carbonyl (C=O) groups is 2. The van der Waals surface area contributed by atoms with Crippen LogP contribution in [0.25, 0.3) is 0 Å². The van der Waals surface area contributed by atoms with E-state index in [0.29, 0.717) is 34.3 Å². The molecule has 0 aliphatic carbocycles. The lowest BCUT2D eigenvalue weighted by atomic mass is 10.1. The number of hydrogen-bond acceptors (Lipinski definition) is 2. The Labute approximate surface area is 161 Å². The first-order chi connectivity index (χ1) is 12.4. The third-order valence-corrected chi connectivity index (χ3v) is 4.57. The summed E-state index contributed by atoms with van der Waals surface area (Å²) in [4.78, 5) is 25.3. The third kappa shape index (κ3) is 5.71. The highest BCUT2D eigenvalue weighted by Gasteiger charge is 2.14. The van der Waals surface area contributed by atoms with Crippen molar-refractivity contribution in [1.29, 1.82) is 0 Å². The summed E-state index contributed by atoms with van der Waals surface area (Å²) in [5.74, 6) is -0.709. The molecule has 0 aromatic heterocycles. The zero-order valence-electron chi connectivity index (χ0n) is 14.3. The van der Waals surface area contributed by atoms with Gasteiger partial charge in [0.05, 0.1) is 10.0 Å². The second kappa shape index (κ2) is 9.55. The lowest BCUT2D eigenvalue weighted by molar-refractivity contribution is -0.121. The van der Waals surface area contributed by atoms with Crippen molar-refractivity contribution >= 4 is 40.7 Å². The van der Waals surface area contributed by atoms with Crippen molar-refractivity contribution in [3.05, 3.63) is 63.9 Å². The van der Waals surface area contributed by atoms with Crippen LogP contribution in [0.5, 0.6) is 0 Å². The van der Waals surface area contributed by atoms with Gasteiger partial charge in [0.15, 0.2) is 0 Å². The molecule has 0 aliphatic rings. The summed E-state index contributed by atoms with van der Waals surface area (Å²) in [6, 6.07) is 11.3. The lowest BCUT2D eigenvalue weighted by Crippen LogP contribution is -2.34. The standard InChI is InChI=1S/C19H19Cl2FN2O2/c1-13(25)24(15-6-7-16(20)17(21)12-15)11-9-19(26)23-10-8-14-4-2-3-5-18(14)22/h2-7,12H,8-11H2,1H3,(H,23,26). The first-order valence-corrected chi connectivity index (χ1v) is 8.87. The van der Waals surface area contributed by atoms with Gasteiger partial charge in [0.25, 0.3) is 0 Å². The molecule has 1 N–H and O–H groups in total. The molecule has 0 bridgehead atoms. The number of benzene rings is 2. The van der Waals surface area contributed by atoms with E-state index in [4.69, 9.17) is 23.2 Å². The van der Waals surface area contributed by atoms with Gasteiger partial charge in [0, 0.05) is 32.1 Å². The molecule has 2 amide bonds. The van der Waals surface area contributed by atoms with Crippen LogP contribution in [0, 0.1) is 5.82 Å². The predicted molar refractivity (Wildman–Crippen MR) is 102 cm³/mol. The quantitative estimate of drug-likeness (QED) is 0.760. The molecular formula is C19H19Cl2FN2O2. The summed E-state index contributed by atoms with van der Waals surface area (Å²) >= 11 is 11.9. The lowest BCUT2D eigenvalue weighted by Gasteiger charge is -2.21. The number of nitrogens with one attached hydrogen (secondary N) is 1. The number of anilines is 1. The van der Waals surface area contributed by atoms with Gasteiger partial charge in [-0.3, -0.25) is 9.59 Å². The van der Waals surface area contributed by atoms with Crippen molar-refractivity contribution in [1.82, 2.24) is 5.32 Å². The molecule has 0 unspecified atom stereocenters. The van der Waals surface area contributed by atoms with Crippen molar-refractivity contribution in [2.45, 2.75) is 19.8 Å². The van der Waals surface area contributed by atoms with Gasteiger partial charge in [-0.25, -0.2) is 4.39 Å². The highest BCUT2D eigenvalue weighted by molar-refractivity contribution is 6.42. The number of amides is 2. The molecule has 0 saturated carbocycles. The summed E-state index contributed by atoms with van der Waals surface area (Å²) in [6.07, 6.45) is 0.527. The molecule has 0 fully saturated rings. The Balaban J connectivity index is 1.86. The van der Waals surface area contributed by atoms with Crippen LogP contribution in [0.4, 0.5) is 10.1 Å². The van der Waals surface area contributed by atoms with Crippen LogP contribution in [0.15, 0.2) is 42.5 Å². The van der Waals surface area contributed by atoms with Gasteiger partial charge in [-0.1, -0.05) is 41.4 Å². The van der Waals surface area contributed by atoms with Crippen molar-refractivity contribution in [2.24, 2.45) is 0 Å². The van der Waals surface area contributed by atoms with Crippen LogP contribution in [0.3, 0.4) is 0 Å². The van der Waals surface area contributed by atoms with Crippen molar-refractivity contribution < 1.29 is 14.0 Å². The van der Waals surface area contributed by atoms with Crippen LogP contribution < -0.4 is 10.2 Å². The Hall–Kier alpha value is -2.11. The van der Waals surface area contributed by atoms with Crippen LogP contribution >= 0.6 is 23.2 Å². The number of hydrogen-bond donors (Lipinski definition) is 1. The van der Waals surface area contributed by atoms with Gasteiger partial charge < -0.3 is 10.2 Å². The minimum atomic E-state index is -0.288. The average molecular weight is 397 g/mol. The fourth-order valence-corrected chi connectivity index (χ4v) is 2.75. The maximum Gasteiger partial charge on any atom is 0.223 e. The predicted octanol–water partition coefficient (Wildman–Crippen LogP) is 4.23. The number of nitrogens with zero attached hydrogens (tertiary/aromatic N) is 1. The van der Waals surface area contributed by atoms with Gasteiger partial charge >= 0.3 is 0 Å². The molecule has 2 aromatic rings. The van der Waals surface area contributed by atoms with Crippen molar-refractivity contribution in [3.8, 4) is 0 Å². The SMILES string of the molecule is CC(=O)N(CCC(=O)NCCc1ccccc1F)c1ccc(Cl)c(Cl)c1. The minimum Gasteiger partial charge on any atom is -0.356 e. The summed E-state index contributed by atoms with van der Waals surface area (Å²) in [5, 5.41) is 3.46. The molecule has 0 spiro atoms. The van der Waals surface area contributed by atoms with E-state index in [9.17, 15) is 14.0 Å². The van der Waals surface area contributed by atoms with Gasteiger partial charge in [-0.15, -0.1) is 0 Å². The first-order valence-electron chi connectivity index (χ1n) is 8.11. The van der Waals surface area contributed by atoms with Crippen LogP contribution in [0.2, 0.25) is 10.0 Å². The average Bonchev–Trinajstić information content (AvgIpc) is 2.59. The van der Waals surface area contributed by atoms with E-state index in [1.54, 1.807) is 36.4 Å². The molecule has 0 heterocycles. The fourth-order valence-electron chi connectivity index (χ4n) is 2.46. The monoisotopic (exact) mass is 396 g/mol. The van der Waals surface area contributed by atoms with Gasteiger partial charge in [0.2, 0.25) is 11.8 Å². The molecule has 0 saturated heterocycles. The Morgan fingerprint density at radius 2 is 1.85 bits per heavy atom. The van der Waals surface area contributed by atoms with Crippen molar-refractivity contribution in [3.63, 3.8) is 0 Å². The normalized spacial score (nSPS) is 10.5. The highest BCUT2D eigenvalue weighted by Crippen LogP contribution is 2.27. The second-order valence-corrected chi connectivity index (χ2v) is 6.52. The molecule has 0 atom stereocenters. The minimum absolute atomic E-state index is 0.122. The number of halogens is 3. The molecular weight excluding hydrogens is 378 g/mol. The maximum absolute atomic E-state index is 13.5.